The molecule has 2 aliphatic rings. The zero-order chi connectivity index (χ0) is 15.8. The maximum atomic E-state index is 6.51. The standard InChI is InChI=1S/C17H16Cl2N4/c18-10-23-17-14-7-4-8-16(19)15(14)9-21(12-22(17)11-20-23)13-5-2-1-3-6-13/h1-8,11,17H,9-10,12H2. The summed E-state index contributed by atoms with van der Waals surface area (Å²) in [7, 11) is 0. The third-order valence-corrected chi connectivity index (χ3v) is 4.90. The molecule has 0 aromatic heterocycles. The van der Waals surface area contributed by atoms with E-state index >= 15 is 0 Å². The molecule has 2 aliphatic heterocycles. The molecule has 0 spiro atoms. The van der Waals surface area contributed by atoms with Crippen LogP contribution in [0.1, 0.15) is 17.3 Å². The number of halogens is 2. The van der Waals surface area contributed by atoms with Crippen molar-refractivity contribution in [1.82, 2.24) is 9.91 Å². The van der Waals surface area contributed by atoms with Gasteiger partial charge in [0, 0.05) is 22.8 Å². The van der Waals surface area contributed by atoms with Crippen LogP contribution in [-0.4, -0.2) is 28.9 Å². The highest BCUT2D eigenvalue weighted by molar-refractivity contribution is 6.31. The number of hydrogen-bond acceptors (Lipinski definition) is 4. The minimum absolute atomic E-state index is 0.00471. The lowest BCUT2D eigenvalue weighted by atomic mass is 10.0. The van der Waals surface area contributed by atoms with Gasteiger partial charge in [0.1, 0.15) is 18.5 Å². The van der Waals surface area contributed by atoms with Gasteiger partial charge in [0.05, 0.1) is 6.67 Å². The average molecular weight is 347 g/mol. The fourth-order valence-electron chi connectivity index (χ4n) is 3.21. The summed E-state index contributed by atoms with van der Waals surface area (Å²) in [5.41, 5.74) is 3.46. The summed E-state index contributed by atoms with van der Waals surface area (Å²) in [6.07, 6.45) is 1.86. The molecule has 1 unspecified atom stereocenters. The second-order valence-corrected chi connectivity index (χ2v) is 6.31. The highest BCUT2D eigenvalue weighted by atomic mass is 35.5. The van der Waals surface area contributed by atoms with E-state index in [-0.39, 0.29) is 6.17 Å². The zero-order valence-electron chi connectivity index (χ0n) is 12.4. The predicted molar refractivity (Wildman–Crippen MR) is 94.6 cm³/mol. The molecule has 23 heavy (non-hydrogen) atoms. The molecule has 0 N–H and O–H groups in total. The molecule has 0 saturated carbocycles. The van der Waals surface area contributed by atoms with E-state index < -0.39 is 0 Å². The Balaban J connectivity index is 1.81. The van der Waals surface area contributed by atoms with E-state index in [9.17, 15) is 0 Å². The van der Waals surface area contributed by atoms with Crippen LogP contribution in [0.5, 0.6) is 0 Å². The summed E-state index contributed by atoms with van der Waals surface area (Å²) in [6, 6.07) is 16.7. The second kappa shape index (κ2) is 5.95. The fraction of sp³-hybridized carbons (Fsp3) is 0.235. The van der Waals surface area contributed by atoms with Gasteiger partial charge < -0.3 is 9.80 Å². The van der Waals surface area contributed by atoms with Crippen LogP contribution in [0.2, 0.25) is 5.02 Å². The Morgan fingerprint density at radius 1 is 1.09 bits per heavy atom. The lowest BCUT2D eigenvalue weighted by Gasteiger charge is -2.31. The number of fused-ring (bicyclic) bond motifs is 3. The normalized spacial score (nSPS) is 19.6. The van der Waals surface area contributed by atoms with Crippen LogP contribution >= 0.6 is 23.2 Å². The second-order valence-electron chi connectivity index (χ2n) is 5.66. The Morgan fingerprint density at radius 2 is 1.91 bits per heavy atom. The number of hydrazone groups is 1. The Labute approximate surface area is 145 Å². The first-order valence-electron chi connectivity index (χ1n) is 7.47. The number of anilines is 1. The van der Waals surface area contributed by atoms with E-state index in [0.717, 1.165) is 35.1 Å². The van der Waals surface area contributed by atoms with Crippen molar-refractivity contribution >= 4 is 35.2 Å². The molecule has 4 rings (SSSR count). The van der Waals surface area contributed by atoms with Gasteiger partial charge in [-0.3, -0.25) is 5.01 Å². The monoisotopic (exact) mass is 346 g/mol. The van der Waals surface area contributed by atoms with E-state index in [1.54, 1.807) is 0 Å². The first kappa shape index (κ1) is 14.7. The molecule has 2 heterocycles. The number of hydrogen-bond donors (Lipinski definition) is 0. The summed E-state index contributed by atoms with van der Waals surface area (Å²) in [6.45, 7) is 1.49. The van der Waals surface area contributed by atoms with Crippen molar-refractivity contribution in [1.29, 1.82) is 0 Å². The van der Waals surface area contributed by atoms with Crippen LogP contribution in [0.25, 0.3) is 0 Å². The van der Waals surface area contributed by atoms with Crippen molar-refractivity contribution in [2.24, 2.45) is 5.10 Å². The molecule has 0 radical (unpaired) electrons. The molecule has 0 bridgehead atoms. The summed E-state index contributed by atoms with van der Waals surface area (Å²) in [5, 5.41) is 7.09. The van der Waals surface area contributed by atoms with Crippen molar-refractivity contribution in [2.75, 3.05) is 17.6 Å². The van der Waals surface area contributed by atoms with Gasteiger partial charge in [-0.15, -0.1) is 11.6 Å². The Morgan fingerprint density at radius 3 is 2.70 bits per heavy atom. The molecule has 0 saturated heterocycles. The summed E-state index contributed by atoms with van der Waals surface area (Å²) in [5.74, 6) is 0. The van der Waals surface area contributed by atoms with Crippen LogP contribution < -0.4 is 4.90 Å². The van der Waals surface area contributed by atoms with Gasteiger partial charge in [-0.2, -0.15) is 5.10 Å². The number of nitrogens with zero attached hydrogens (tertiary/aromatic N) is 4. The van der Waals surface area contributed by atoms with Crippen molar-refractivity contribution in [3.05, 3.63) is 64.7 Å². The number of para-hydroxylation sites is 1. The van der Waals surface area contributed by atoms with Crippen LogP contribution in [0.4, 0.5) is 5.69 Å². The van der Waals surface area contributed by atoms with Crippen molar-refractivity contribution in [3.8, 4) is 0 Å². The number of alkyl halides is 1. The molecule has 2 aromatic rings. The van der Waals surface area contributed by atoms with E-state index in [2.05, 4.69) is 33.1 Å². The molecular weight excluding hydrogens is 331 g/mol. The SMILES string of the molecule is ClCN1N=CN2CN(c3ccccc3)Cc3c(Cl)cccc3C21. The minimum atomic E-state index is -0.00471. The highest BCUT2D eigenvalue weighted by Gasteiger charge is 2.35. The van der Waals surface area contributed by atoms with E-state index in [0.29, 0.717) is 6.00 Å². The largest absolute Gasteiger partial charge is 0.349 e. The smallest absolute Gasteiger partial charge is 0.148 e. The van der Waals surface area contributed by atoms with Gasteiger partial charge in [-0.25, -0.2) is 0 Å². The van der Waals surface area contributed by atoms with Gasteiger partial charge in [0.15, 0.2) is 0 Å². The molecule has 0 aliphatic carbocycles. The fourth-order valence-corrected chi connectivity index (χ4v) is 3.65. The molecule has 1 atom stereocenters. The van der Waals surface area contributed by atoms with Crippen LogP contribution in [0.3, 0.4) is 0 Å². The molecule has 0 fully saturated rings. The Kier molecular flexibility index (Phi) is 3.79. The first-order valence-corrected chi connectivity index (χ1v) is 8.39. The third kappa shape index (κ3) is 2.52. The Bertz CT molecular complexity index is 735. The van der Waals surface area contributed by atoms with Crippen molar-refractivity contribution < 1.29 is 0 Å². The molecule has 4 nitrogen and oxygen atoms in total. The van der Waals surface area contributed by atoms with E-state index in [4.69, 9.17) is 23.2 Å². The lowest BCUT2D eigenvalue weighted by Crippen LogP contribution is -2.37. The van der Waals surface area contributed by atoms with E-state index in [1.165, 1.54) is 0 Å². The maximum Gasteiger partial charge on any atom is 0.148 e. The van der Waals surface area contributed by atoms with Gasteiger partial charge >= 0.3 is 0 Å². The van der Waals surface area contributed by atoms with Gasteiger partial charge in [-0.1, -0.05) is 41.9 Å². The minimum Gasteiger partial charge on any atom is -0.349 e. The zero-order valence-corrected chi connectivity index (χ0v) is 14.0. The molecule has 0 amide bonds. The van der Waals surface area contributed by atoms with Crippen LogP contribution in [0, 0.1) is 0 Å². The number of benzene rings is 2. The maximum absolute atomic E-state index is 6.51. The summed E-state index contributed by atoms with van der Waals surface area (Å²) < 4.78 is 0. The van der Waals surface area contributed by atoms with Gasteiger partial charge in [0.25, 0.3) is 0 Å². The summed E-state index contributed by atoms with van der Waals surface area (Å²) in [4.78, 5) is 4.49. The Hall–Kier alpha value is -1.91. The quantitative estimate of drug-likeness (QED) is 0.604. The van der Waals surface area contributed by atoms with Crippen LogP contribution in [-0.2, 0) is 6.54 Å². The molecule has 118 valence electrons. The average Bonchev–Trinajstić information content (AvgIpc) is 2.91. The van der Waals surface area contributed by atoms with Gasteiger partial charge in [-0.05, 0) is 23.8 Å². The van der Waals surface area contributed by atoms with Crippen LogP contribution in [0.15, 0.2) is 53.6 Å². The molecular formula is C17H16Cl2N4. The number of rotatable bonds is 2. The predicted octanol–water partition coefficient (Wildman–Crippen LogP) is 4.07. The first-order chi connectivity index (χ1) is 11.3. The van der Waals surface area contributed by atoms with Gasteiger partial charge in [0.2, 0.25) is 0 Å². The molecule has 6 heteroatoms. The third-order valence-electron chi connectivity index (χ3n) is 4.30. The lowest BCUT2D eigenvalue weighted by molar-refractivity contribution is 0.158. The van der Waals surface area contributed by atoms with Crippen molar-refractivity contribution in [2.45, 2.75) is 12.7 Å². The summed E-state index contributed by atoms with van der Waals surface area (Å²) >= 11 is 12.6. The van der Waals surface area contributed by atoms with E-state index in [1.807, 2.05) is 41.7 Å². The highest BCUT2D eigenvalue weighted by Crippen LogP contribution is 2.38. The topological polar surface area (TPSA) is 22.1 Å². The molecule has 2 aromatic carbocycles. The van der Waals surface area contributed by atoms with Crippen molar-refractivity contribution in [3.63, 3.8) is 0 Å².